The number of anilines is 1. The number of nitrogens with zero attached hydrogens (tertiary/aromatic N) is 1. The number of benzene rings is 1. The number of nitrogens with one attached hydrogen (secondary N) is 1. The number of amides is 1. The van der Waals surface area contributed by atoms with Crippen molar-refractivity contribution in [2.45, 2.75) is 20.3 Å². The summed E-state index contributed by atoms with van der Waals surface area (Å²) in [6, 6.07) is 4.56. The summed E-state index contributed by atoms with van der Waals surface area (Å²) in [5.41, 5.74) is 1.61. The minimum Gasteiger partial charge on any atom is -0.326 e. The van der Waals surface area contributed by atoms with Crippen LogP contribution in [0, 0.1) is 22.0 Å². The molecule has 0 saturated heterocycles. The molecule has 1 heterocycles. The summed E-state index contributed by atoms with van der Waals surface area (Å²) in [6.45, 7) is 3.96. The van der Waals surface area contributed by atoms with E-state index in [-0.39, 0.29) is 23.4 Å². The maximum Gasteiger partial charge on any atom is 0.269 e. The predicted octanol–water partition coefficient (Wildman–Crippen LogP) is 2.36. The molecule has 5 heteroatoms. The van der Waals surface area contributed by atoms with Gasteiger partial charge in [0, 0.05) is 23.7 Å². The SMILES string of the molecule is CC(C)C1Cc2cc([N+](=O)[O-])ccc2NC1=O. The fourth-order valence-corrected chi connectivity index (χ4v) is 2.08. The molecule has 1 aliphatic rings. The van der Waals surface area contributed by atoms with E-state index >= 15 is 0 Å². The quantitative estimate of drug-likeness (QED) is 0.630. The Labute approximate surface area is 99.0 Å². The molecule has 1 amide bonds. The Morgan fingerprint density at radius 3 is 2.76 bits per heavy atom. The molecule has 0 fully saturated rings. The summed E-state index contributed by atoms with van der Waals surface area (Å²) < 4.78 is 0. The highest BCUT2D eigenvalue weighted by Crippen LogP contribution is 2.31. The lowest BCUT2D eigenvalue weighted by Gasteiger charge is -2.26. The molecular formula is C12H14N2O3. The molecule has 0 radical (unpaired) electrons. The third-order valence-corrected chi connectivity index (χ3v) is 3.14. The van der Waals surface area contributed by atoms with Gasteiger partial charge in [0.25, 0.3) is 5.69 Å². The second-order valence-electron chi connectivity index (χ2n) is 4.64. The highest BCUT2D eigenvalue weighted by Gasteiger charge is 2.29. The van der Waals surface area contributed by atoms with Crippen LogP contribution >= 0.6 is 0 Å². The Bertz CT molecular complexity index is 483. The van der Waals surface area contributed by atoms with E-state index in [9.17, 15) is 14.9 Å². The second-order valence-corrected chi connectivity index (χ2v) is 4.64. The van der Waals surface area contributed by atoms with Gasteiger partial charge in [-0.2, -0.15) is 0 Å². The van der Waals surface area contributed by atoms with Crippen molar-refractivity contribution in [2.24, 2.45) is 11.8 Å². The van der Waals surface area contributed by atoms with Crippen LogP contribution in [-0.2, 0) is 11.2 Å². The van der Waals surface area contributed by atoms with E-state index in [1.807, 2.05) is 13.8 Å². The molecule has 0 aromatic heterocycles. The maximum atomic E-state index is 11.8. The highest BCUT2D eigenvalue weighted by molar-refractivity contribution is 5.96. The number of rotatable bonds is 2. The Balaban J connectivity index is 2.37. The number of hydrogen-bond acceptors (Lipinski definition) is 3. The molecule has 17 heavy (non-hydrogen) atoms. The van der Waals surface area contributed by atoms with Crippen LogP contribution in [0.5, 0.6) is 0 Å². The largest absolute Gasteiger partial charge is 0.326 e. The Kier molecular flexibility index (Phi) is 2.83. The minimum absolute atomic E-state index is 0.00125. The summed E-state index contributed by atoms with van der Waals surface area (Å²) in [6.07, 6.45) is 0.570. The van der Waals surface area contributed by atoms with Crippen LogP contribution in [0.15, 0.2) is 18.2 Å². The Morgan fingerprint density at radius 1 is 1.47 bits per heavy atom. The predicted molar refractivity (Wildman–Crippen MR) is 63.8 cm³/mol. The van der Waals surface area contributed by atoms with Crippen molar-refractivity contribution in [3.8, 4) is 0 Å². The lowest BCUT2D eigenvalue weighted by atomic mass is 9.85. The highest BCUT2D eigenvalue weighted by atomic mass is 16.6. The van der Waals surface area contributed by atoms with Crippen LogP contribution in [-0.4, -0.2) is 10.8 Å². The van der Waals surface area contributed by atoms with E-state index in [4.69, 9.17) is 0 Å². The smallest absolute Gasteiger partial charge is 0.269 e. The van der Waals surface area contributed by atoms with Crippen molar-refractivity contribution in [1.82, 2.24) is 0 Å². The third-order valence-electron chi connectivity index (χ3n) is 3.14. The van der Waals surface area contributed by atoms with Crippen LogP contribution in [0.2, 0.25) is 0 Å². The number of carbonyl (C=O) groups is 1. The zero-order valence-corrected chi connectivity index (χ0v) is 9.77. The molecule has 1 aromatic rings. The van der Waals surface area contributed by atoms with Crippen LogP contribution in [0.1, 0.15) is 19.4 Å². The van der Waals surface area contributed by atoms with Crippen molar-refractivity contribution in [1.29, 1.82) is 0 Å². The van der Waals surface area contributed by atoms with E-state index in [0.717, 1.165) is 5.56 Å². The number of carbonyl (C=O) groups excluding carboxylic acids is 1. The van der Waals surface area contributed by atoms with Gasteiger partial charge < -0.3 is 5.32 Å². The fourth-order valence-electron chi connectivity index (χ4n) is 2.08. The first-order valence-corrected chi connectivity index (χ1v) is 5.57. The van der Waals surface area contributed by atoms with Crippen molar-refractivity contribution in [3.05, 3.63) is 33.9 Å². The molecule has 0 bridgehead atoms. The van der Waals surface area contributed by atoms with E-state index < -0.39 is 4.92 Å². The summed E-state index contributed by atoms with van der Waals surface area (Å²) in [5.74, 6) is 0.119. The Hall–Kier alpha value is -1.91. The molecule has 2 rings (SSSR count). The fraction of sp³-hybridized carbons (Fsp3) is 0.417. The normalized spacial score (nSPS) is 18.8. The zero-order chi connectivity index (χ0) is 12.6. The lowest BCUT2D eigenvalue weighted by Crippen LogP contribution is -2.33. The monoisotopic (exact) mass is 234 g/mol. The molecule has 1 unspecified atom stereocenters. The van der Waals surface area contributed by atoms with Crippen molar-refractivity contribution in [2.75, 3.05) is 5.32 Å². The molecule has 1 aromatic carbocycles. The van der Waals surface area contributed by atoms with Crippen LogP contribution in [0.3, 0.4) is 0 Å². The van der Waals surface area contributed by atoms with Crippen LogP contribution in [0.25, 0.3) is 0 Å². The maximum absolute atomic E-state index is 11.8. The van der Waals surface area contributed by atoms with Gasteiger partial charge in [-0.05, 0) is 24.0 Å². The van der Waals surface area contributed by atoms with Gasteiger partial charge in [-0.3, -0.25) is 14.9 Å². The number of hydrogen-bond donors (Lipinski definition) is 1. The Morgan fingerprint density at radius 2 is 2.18 bits per heavy atom. The van der Waals surface area contributed by atoms with Crippen LogP contribution in [0.4, 0.5) is 11.4 Å². The van der Waals surface area contributed by atoms with Crippen molar-refractivity contribution < 1.29 is 9.72 Å². The number of nitro groups is 1. The van der Waals surface area contributed by atoms with E-state index in [1.54, 1.807) is 12.1 Å². The van der Waals surface area contributed by atoms with Crippen molar-refractivity contribution >= 4 is 17.3 Å². The van der Waals surface area contributed by atoms with E-state index in [1.165, 1.54) is 6.07 Å². The first-order valence-electron chi connectivity index (χ1n) is 5.57. The molecule has 0 saturated carbocycles. The third kappa shape index (κ3) is 2.13. The number of nitro benzene ring substituents is 1. The van der Waals surface area contributed by atoms with Gasteiger partial charge in [-0.25, -0.2) is 0 Å². The van der Waals surface area contributed by atoms with Crippen LogP contribution < -0.4 is 5.32 Å². The first-order chi connectivity index (χ1) is 7.99. The van der Waals surface area contributed by atoms with E-state index in [2.05, 4.69) is 5.32 Å². The molecular weight excluding hydrogens is 220 g/mol. The van der Waals surface area contributed by atoms with Gasteiger partial charge in [0.05, 0.1) is 4.92 Å². The number of non-ortho nitro benzene ring substituents is 1. The topological polar surface area (TPSA) is 72.2 Å². The average Bonchev–Trinajstić information content (AvgIpc) is 2.27. The summed E-state index contributed by atoms with van der Waals surface area (Å²) in [5, 5.41) is 13.5. The second kappa shape index (κ2) is 4.16. The van der Waals surface area contributed by atoms with Gasteiger partial charge in [-0.15, -0.1) is 0 Å². The molecule has 1 N–H and O–H groups in total. The molecule has 0 spiro atoms. The van der Waals surface area contributed by atoms with Gasteiger partial charge in [0.15, 0.2) is 0 Å². The minimum atomic E-state index is -0.416. The van der Waals surface area contributed by atoms with Gasteiger partial charge in [-0.1, -0.05) is 13.8 Å². The van der Waals surface area contributed by atoms with Gasteiger partial charge in [0.1, 0.15) is 0 Å². The summed E-state index contributed by atoms with van der Waals surface area (Å²) >= 11 is 0. The first kappa shape index (κ1) is 11.6. The van der Waals surface area contributed by atoms with Crippen molar-refractivity contribution in [3.63, 3.8) is 0 Å². The number of fused-ring (bicyclic) bond motifs is 1. The van der Waals surface area contributed by atoms with E-state index in [0.29, 0.717) is 12.1 Å². The molecule has 1 aliphatic heterocycles. The molecule has 5 nitrogen and oxygen atoms in total. The van der Waals surface area contributed by atoms with Gasteiger partial charge in [0.2, 0.25) is 5.91 Å². The lowest BCUT2D eigenvalue weighted by molar-refractivity contribution is -0.384. The van der Waals surface area contributed by atoms with Gasteiger partial charge >= 0.3 is 0 Å². The standard InChI is InChI=1S/C12H14N2O3/c1-7(2)10-6-8-5-9(14(16)17)3-4-11(8)13-12(10)15/h3-5,7,10H,6H2,1-2H3,(H,13,15). The zero-order valence-electron chi connectivity index (χ0n) is 9.77. The average molecular weight is 234 g/mol. The summed E-state index contributed by atoms with van der Waals surface area (Å²) in [4.78, 5) is 22.0. The molecule has 1 atom stereocenters. The molecule has 0 aliphatic carbocycles. The molecule has 90 valence electrons. The summed E-state index contributed by atoms with van der Waals surface area (Å²) in [7, 11) is 0.